The van der Waals surface area contributed by atoms with Crippen LogP contribution in [0.25, 0.3) is 0 Å². The number of sulfonamides is 1. The van der Waals surface area contributed by atoms with Crippen LogP contribution >= 0.6 is 0 Å². The van der Waals surface area contributed by atoms with Crippen LogP contribution in [0.4, 0.5) is 0 Å². The Kier molecular flexibility index (Phi) is 4.17. The quantitative estimate of drug-likeness (QED) is 0.867. The van der Waals surface area contributed by atoms with Gasteiger partial charge in [0.1, 0.15) is 5.82 Å². The molecule has 1 aromatic carbocycles. The molecule has 1 aromatic heterocycles. The first-order valence-electron chi connectivity index (χ1n) is 6.07. The third-order valence-electron chi connectivity index (χ3n) is 2.75. The molecule has 6 nitrogen and oxygen atoms in total. The van der Waals surface area contributed by atoms with E-state index in [9.17, 15) is 8.42 Å². The normalized spacial score (nSPS) is 11.2. The number of benzene rings is 1. The maximum atomic E-state index is 12.0. The fourth-order valence-electron chi connectivity index (χ4n) is 1.67. The van der Waals surface area contributed by atoms with E-state index in [1.54, 1.807) is 24.3 Å². The summed E-state index contributed by atoms with van der Waals surface area (Å²) in [5.41, 5.74) is 1.22. The summed E-state index contributed by atoms with van der Waals surface area (Å²) in [5.74, 6) is 0.622. The zero-order chi connectivity index (χ0) is 14.6. The molecular weight excluding hydrogens is 276 g/mol. The van der Waals surface area contributed by atoms with E-state index in [4.69, 9.17) is 5.26 Å². The molecule has 0 saturated carbocycles. The number of aryl methyl sites for hydroxylation is 1. The molecule has 1 heterocycles. The number of nitrogens with zero attached hydrogens (tertiary/aromatic N) is 2. The van der Waals surface area contributed by atoms with E-state index in [0.717, 1.165) is 5.56 Å². The molecule has 2 N–H and O–H groups in total. The minimum atomic E-state index is -3.62. The van der Waals surface area contributed by atoms with Crippen molar-refractivity contribution in [3.05, 3.63) is 47.4 Å². The summed E-state index contributed by atoms with van der Waals surface area (Å²) in [6, 6.07) is 8.80. The highest BCUT2D eigenvalue weighted by Crippen LogP contribution is 2.08. The molecule has 0 radical (unpaired) electrons. The van der Waals surface area contributed by atoms with Gasteiger partial charge in [-0.3, -0.25) is 0 Å². The van der Waals surface area contributed by atoms with Crippen LogP contribution in [0.15, 0.2) is 35.5 Å². The van der Waals surface area contributed by atoms with Crippen LogP contribution in [0.3, 0.4) is 0 Å². The lowest BCUT2D eigenvalue weighted by molar-refractivity contribution is 0.578. The largest absolute Gasteiger partial charge is 0.332 e. The van der Waals surface area contributed by atoms with Gasteiger partial charge in [-0.1, -0.05) is 19.1 Å². The molecule has 7 heteroatoms. The average molecular weight is 290 g/mol. The van der Waals surface area contributed by atoms with E-state index < -0.39 is 10.0 Å². The minimum absolute atomic E-state index is 0.0470. The molecule has 0 unspecified atom stereocenters. The predicted molar refractivity (Wildman–Crippen MR) is 73.1 cm³/mol. The molecule has 2 rings (SSSR count). The van der Waals surface area contributed by atoms with Crippen molar-refractivity contribution in [1.29, 1.82) is 5.26 Å². The Morgan fingerprint density at radius 1 is 1.45 bits per heavy atom. The van der Waals surface area contributed by atoms with Gasteiger partial charge in [0.2, 0.25) is 0 Å². The second kappa shape index (κ2) is 5.86. The molecule has 0 aliphatic rings. The molecule has 0 amide bonds. The average Bonchev–Trinajstić information content (AvgIpc) is 2.95. The Labute approximate surface area is 117 Å². The topological polar surface area (TPSA) is 98.6 Å². The van der Waals surface area contributed by atoms with Crippen molar-refractivity contribution in [1.82, 2.24) is 14.7 Å². The third-order valence-corrected chi connectivity index (χ3v) is 4.06. The number of imidazole rings is 1. The Morgan fingerprint density at radius 2 is 2.25 bits per heavy atom. The molecule has 104 valence electrons. The zero-order valence-corrected chi connectivity index (χ0v) is 11.7. The van der Waals surface area contributed by atoms with Gasteiger partial charge in [0.05, 0.1) is 17.8 Å². The van der Waals surface area contributed by atoms with Gasteiger partial charge < -0.3 is 4.98 Å². The lowest BCUT2D eigenvalue weighted by Crippen LogP contribution is -2.23. The molecule has 0 aliphatic carbocycles. The first kappa shape index (κ1) is 14.2. The number of nitrogens with one attached hydrogen (secondary N) is 2. The Morgan fingerprint density at radius 3 is 2.90 bits per heavy atom. The second-order valence-corrected chi connectivity index (χ2v) is 5.92. The Bertz CT molecular complexity index is 744. The van der Waals surface area contributed by atoms with Crippen LogP contribution in [0.1, 0.15) is 23.9 Å². The van der Waals surface area contributed by atoms with Gasteiger partial charge in [-0.05, 0) is 17.7 Å². The summed E-state index contributed by atoms with van der Waals surface area (Å²) in [4.78, 5) is 6.71. The SMILES string of the molecule is CCc1ncc(S(=O)(=O)NCc2cccc(C#N)c2)[nH]1. The number of H-pyrrole nitrogens is 1. The van der Waals surface area contributed by atoms with Crippen LogP contribution in [-0.4, -0.2) is 18.4 Å². The van der Waals surface area contributed by atoms with Gasteiger partial charge in [-0.15, -0.1) is 0 Å². The summed E-state index contributed by atoms with van der Waals surface area (Å²) in [6.07, 6.45) is 1.94. The maximum absolute atomic E-state index is 12.0. The van der Waals surface area contributed by atoms with E-state index in [-0.39, 0.29) is 11.6 Å². The lowest BCUT2D eigenvalue weighted by atomic mass is 10.1. The number of aromatic nitrogens is 2. The van der Waals surface area contributed by atoms with E-state index >= 15 is 0 Å². The fourth-order valence-corrected chi connectivity index (χ4v) is 2.62. The molecule has 0 atom stereocenters. The summed E-state index contributed by atoms with van der Waals surface area (Å²) in [5, 5.41) is 8.84. The van der Waals surface area contributed by atoms with E-state index in [1.165, 1.54) is 6.20 Å². The standard InChI is InChI=1S/C13H14N4O2S/c1-2-12-15-9-13(17-12)20(18,19)16-8-11-5-3-4-10(6-11)7-14/h3-6,9,16H,2,8H2,1H3,(H,15,17). The van der Waals surface area contributed by atoms with Gasteiger partial charge in [-0.2, -0.15) is 5.26 Å². The highest BCUT2D eigenvalue weighted by Gasteiger charge is 2.16. The van der Waals surface area contributed by atoms with Gasteiger partial charge in [0.15, 0.2) is 5.03 Å². The molecule has 2 aromatic rings. The van der Waals surface area contributed by atoms with Crippen LogP contribution < -0.4 is 4.72 Å². The zero-order valence-electron chi connectivity index (χ0n) is 10.9. The molecule has 0 spiro atoms. The highest BCUT2D eigenvalue weighted by atomic mass is 32.2. The van der Waals surface area contributed by atoms with Crippen molar-refractivity contribution in [3.8, 4) is 6.07 Å². The fraction of sp³-hybridized carbons (Fsp3) is 0.231. The van der Waals surface area contributed by atoms with Crippen LogP contribution in [-0.2, 0) is 23.0 Å². The highest BCUT2D eigenvalue weighted by molar-refractivity contribution is 7.89. The van der Waals surface area contributed by atoms with Crippen LogP contribution in [0, 0.1) is 11.3 Å². The minimum Gasteiger partial charge on any atom is -0.332 e. The third kappa shape index (κ3) is 3.23. The first-order valence-corrected chi connectivity index (χ1v) is 7.56. The monoisotopic (exact) mass is 290 g/mol. The number of nitriles is 1. The van der Waals surface area contributed by atoms with Gasteiger partial charge >= 0.3 is 0 Å². The summed E-state index contributed by atoms with van der Waals surface area (Å²) < 4.78 is 26.6. The van der Waals surface area contributed by atoms with Crippen molar-refractivity contribution in [3.63, 3.8) is 0 Å². The number of hydrogen-bond acceptors (Lipinski definition) is 4. The molecule has 20 heavy (non-hydrogen) atoms. The van der Waals surface area contributed by atoms with Gasteiger partial charge in [0, 0.05) is 13.0 Å². The smallest absolute Gasteiger partial charge is 0.257 e. The second-order valence-electron chi connectivity index (χ2n) is 4.18. The van der Waals surface area contributed by atoms with E-state index in [2.05, 4.69) is 14.7 Å². The van der Waals surface area contributed by atoms with Crippen LogP contribution in [0.2, 0.25) is 0 Å². The maximum Gasteiger partial charge on any atom is 0.257 e. The summed E-state index contributed by atoms with van der Waals surface area (Å²) >= 11 is 0. The molecule has 0 fully saturated rings. The number of hydrogen-bond donors (Lipinski definition) is 2. The van der Waals surface area contributed by atoms with Crippen molar-refractivity contribution in [2.24, 2.45) is 0 Å². The predicted octanol–water partition coefficient (Wildman–Crippen LogP) is 1.32. The molecule has 0 bridgehead atoms. The molecular formula is C13H14N4O2S. The first-order chi connectivity index (χ1) is 9.55. The van der Waals surface area contributed by atoms with Gasteiger partial charge in [-0.25, -0.2) is 18.1 Å². The Hall–Kier alpha value is -2.17. The van der Waals surface area contributed by atoms with E-state index in [1.807, 2.05) is 13.0 Å². The summed E-state index contributed by atoms with van der Waals surface area (Å²) in [6.45, 7) is 2.01. The molecule has 0 aliphatic heterocycles. The van der Waals surface area contributed by atoms with Crippen LogP contribution in [0.5, 0.6) is 0 Å². The number of aromatic amines is 1. The number of rotatable bonds is 5. The van der Waals surface area contributed by atoms with Gasteiger partial charge in [0.25, 0.3) is 10.0 Å². The van der Waals surface area contributed by atoms with Crippen molar-refractivity contribution in [2.45, 2.75) is 24.9 Å². The molecule has 0 saturated heterocycles. The lowest BCUT2D eigenvalue weighted by Gasteiger charge is -2.05. The van der Waals surface area contributed by atoms with Crippen molar-refractivity contribution >= 4 is 10.0 Å². The van der Waals surface area contributed by atoms with Crippen molar-refractivity contribution < 1.29 is 8.42 Å². The van der Waals surface area contributed by atoms with Crippen molar-refractivity contribution in [2.75, 3.05) is 0 Å². The van der Waals surface area contributed by atoms with E-state index in [0.29, 0.717) is 17.8 Å². The summed E-state index contributed by atoms with van der Waals surface area (Å²) in [7, 11) is -3.62. The Balaban J connectivity index is 2.11.